The first kappa shape index (κ1) is 13.8. The maximum absolute atomic E-state index is 5.89. The number of hydrogen-bond acceptors (Lipinski definition) is 4. The van der Waals surface area contributed by atoms with Crippen LogP contribution in [0.25, 0.3) is 5.82 Å². The molecule has 1 N–H and O–H groups in total. The summed E-state index contributed by atoms with van der Waals surface area (Å²) in [5.41, 5.74) is 0. The van der Waals surface area contributed by atoms with E-state index in [0.717, 1.165) is 30.4 Å². The smallest absolute Gasteiger partial charge is 0.159 e. The van der Waals surface area contributed by atoms with Crippen molar-refractivity contribution in [3.63, 3.8) is 0 Å². The third kappa shape index (κ3) is 3.44. The van der Waals surface area contributed by atoms with E-state index in [4.69, 9.17) is 11.6 Å². The molecule has 0 bridgehead atoms. The molecular formula is C13H18ClN5. The van der Waals surface area contributed by atoms with Crippen molar-refractivity contribution in [2.45, 2.75) is 33.1 Å². The lowest BCUT2D eigenvalue weighted by Crippen LogP contribution is -2.09. The fourth-order valence-corrected chi connectivity index (χ4v) is 1.73. The highest BCUT2D eigenvalue weighted by Gasteiger charge is 2.10. The monoisotopic (exact) mass is 279 g/mol. The highest BCUT2D eigenvalue weighted by molar-refractivity contribution is 6.30. The van der Waals surface area contributed by atoms with Gasteiger partial charge in [0.25, 0.3) is 0 Å². The van der Waals surface area contributed by atoms with Crippen molar-refractivity contribution in [3.8, 4) is 5.82 Å². The fraction of sp³-hybridized carbons (Fsp3) is 0.462. The van der Waals surface area contributed by atoms with E-state index in [0.29, 0.717) is 5.02 Å². The van der Waals surface area contributed by atoms with Crippen molar-refractivity contribution in [3.05, 3.63) is 29.3 Å². The van der Waals surface area contributed by atoms with Gasteiger partial charge in [0.05, 0.1) is 17.4 Å². The first-order valence-electron chi connectivity index (χ1n) is 6.43. The standard InChI is InChI=1S/C13H18ClN5/c1-4-5-15-11-6-12(18-13(17-11)9(2)3)19-8-10(14)7-16-19/h6-9H,4-5H2,1-3H3,(H,15,17,18). The number of rotatable bonds is 5. The molecule has 0 aromatic carbocycles. The summed E-state index contributed by atoms with van der Waals surface area (Å²) in [5.74, 6) is 2.60. The third-order valence-corrected chi connectivity index (χ3v) is 2.78. The molecule has 2 heterocycles. The second-order valence-electron chi connectivity index (χ2n) is 4.65. The molecule has 0 saturated carbocycles. The Bertz CT molecular complexity index is 550. The summed E-state index contributed by atoms with van der Waals surface area (Å²) in [6, 6.07) is 1.88. The van der Waals surface area contributed by atoms with Crippen molar-refractivity contribution in [1.82, 2.24) is 19.7 Å². The van der Waals surface area contributed by atoms with Crippen LogP contribution < -0.4 is 5.32 Å². The van der Waals surface area contributed by atoms with Gasteiger partial charge in [-0.1, -0.05) is 32.4 Å². The quantitative estimate of drug-likeness (QED) is 0.913. The number of halogens is 1. The lowest BCUT2D eigenvalue weighted by molar-refractivity contribution is 0.745. The van der Waals surface area contributed by atoms with E-state index in [1.807, 2.05) is 6.07 Å². The average molecular weight is 280 g/mol. The van der Waals surface area contributed by atoms with Crippen molar-refractivity contribution in [1.29, 1.82) is 0 Å². The van der Waals surface area contributed by atoms with Gasteiger partial charge in [0, 0.05) is 18.5 Å². The van der Waals surface area contributed by atoms with Gasteiger partial charge < -0.3 is 5.32 Å². The molecule has 5 nitrogen and oxygen atoms in total. The molecule has 0 aliphatic heterocycles. The van der Waals surface area contributed by atoms with Gasteiger partial charge in [0.2, 0.25) is 0 Å². The largest absolute Gasteiger partial charge is 0.370 e. The minimum Gasteiger partial charge on any atom is -0.370 e. The third-order valence-electron chi connectivity index (χ3n) is 2.59. The van der Waals surface area contributed by atoms with Crippen LogP contribution in [0.3, 0.4) is 0 Å². The Morgan fingerprint density at radius 1 is 1.37 bits per heavy atom. The highest BCUT2D eigenvalue weighted by atomic mass is 35.5. The molecule has 0 atom stereocenters. The molecular weight excluding hydrogens is 262 g/mol. The van der Waals surface area contributed by atoms with Crippen molar-refractivity contribution >= 4 is 17.4 Å². The van der Waals surface area contributed by atoms with E-state index in [9.17, 15) is 0 Å². The zero-order chi connectivity index (χ0) is 13.8. The van der Waals surface area contributed by atoms with Crippen LogP contribution >= 0.6 is 11.6 Å². The van der Waals surface area contributed by atoms with Gasteiger partial charge in [0.1, 0.15) is 11.6 Å². The van der Waals surface area contributed by atoms with Crippen molar-refractivity contribution < 1.29 is 0 Å². The summed E-state index contributed by atoms with van der Waals surface area (Å²) in [7, 11) is 0. The Morgan fingerprint density at radius 3 is 2.74 bits per heavy atom. The Hall–Kier alpha value is -1.62. The molecule has 0 aliphatic rings. The van der Waals surface area contributed by atoms with Crippen LogP contribution in [0.4, 0.5) is 5.82 Å². The van der Waals surface area contributed by atoms with Gasteiger partial charge in [0.15, 0.2) is 5.82 Å². The van der Waals surface area contributed by atoms with Crippen LogP contribution in [-0.4, -0.2) is 26.3 Å². The lowest BCUT2D eigenvalue weighted by atomic mass is 10.2. The maximum atomic E-state index is 5.89. The molecule has 0 amide bonds. The molecule has 0 unspecified atom stereocenters. The number of aromatic nitrogens is 4. The minimum atomic E-state index is 0.258. The van der Waals surface area contributed by atoms with Gasteiger partial charge in [-0.15, -0.1) is 0 Å². The fourth-order valence-electron chi connectivity index (χ4n) is 1.60. The van der Waals surface area contributed by atoms with Gasteiger partial charge in [-0.05, 0) is 6.42 Å². The summed E-state index contributed by atoms with van der Waals surface area (Å²) in [4.78, 5) is 9.02. The van der Waals surface area contributed by atoms with Crippen LogP contribution in [0, 0.1) is 0 Å². The Labute approximate surface area is 118 Å². The number of hydrogen-bond donors (Lipinski definition) is 1. The van der Waals surface area contributed by atoms with Gasteiger partial charge in [-0.2, -0.15) is 5.10 Å². The van der Waals surface area contributed by atoms with Crippen LogP contribution in [0.1, 0.15) is 38.9 Å². The van der Waals surface area contributed by atoms with Crippen LogP contribution in [0.15, 0.2) is 18.5 Å². The first-order chi connectivity index (χ1) is 9.10. The van der Waals surface area contributed by atoms with Crippen molar-refractivity contribution in [2.75, 3.05) is 11.9 Å². The summed E-state index contributed by atoms with van der Waals surface area (Å²) in [6.07, 6.45) is 4.37. The average Bonchev–Trinajstić information content (AvgIpc) is 2.82. The molecule has 0 fully saturated rings. The highest BCUT2D eigenvalue weighted by Crippen LogP contribution is 2.17. The molecule has 2 rings (SSSR count). The van der Waals surface area contributed by atoms with Crippen LogP contribution in [-0.2, 0) is 0 Å². The Morgan fingerprint density at radius 2 is 2.16 bits per heavy atom. The number of nitrogens with zero attached hydrogens (tertiary/aromatic N) is 4. The molecule has 0 spiro atoms. The van der Waals surface area contributed by atoms with Crippen LogP contribution in [0.5, 0.6) is 0 Å². The first-order valence-corrected chi connectivity index (χ1v) is 6.81. The van der Waals surface area contributed by atoms with E-state index >= 15 is 0 Å². The second-order valence-corrected chi connectivity index (χ2v) is 5.09. The summed E-state index contributed by atoms with van der Waals surface area (Å²) < 4.78 is 1.66. The SMILES string of the molecule is CCCNc1cc(-n2cc(Cl)cn2)nc(C(C)C)n1. The molecule has 6 heteroatoms. The predicted octanol–water partition coefficient (Wildman–Crippen LogP) is 3.26. The summed E-state index contributed by atoms with van der Waals surface area (Å²) in [6.45, 7) is 7.14. The molecule has 0 saturated heterocycles. The van der Waals surface area contributed by atoms with Gasteiger partial charge in [-0.3, -0.25) is 0 Å². The van der Waals surface area contributed by atoms with E-state index in [1.54, 1.807) is 17.1 Å². The van der Waals surface area contributed by atoms with Gasteiger partial charge >= 0.3 is 0 Å². The predicted molar refractivity (Wildman–Crippen MR) is 77.0 cm³/mol. The summed E-state index contributed by atoms with van der Waals surface area (Å²) >= 11 is 5.89. The Balaban J connectivity index is 2.39. The topological polar surface area (TPSA) is 55.6 Å². The lowest BCUT2D eigenvalue weighted by Gasteiger charge is -2.11. The maximum Gasteiger partial charge on any atom is 0.159 e. The molecule has 102 valence electrons. The van der Waals surface area contributed by atoms with Crippen LogP contribution in [0.2, 0.25) is 5.02 Å². The molecule has 0 radical (unpaired) electrons. The van der Waals surface area contributed by atoms with E-state index in [1.165, 1.54) is 0 Å². The second kappa shape index (κ2) is 6.02. The number of nitrogens with one attached hydrogen (secondary N) is 1. The van der Waals surface area contributed by atoms with Crippen molar-refractivity contribution in [2.24, 2.45) is 0 Å². The molecule has 0 aliphatic carbocycles. The van der Waals surface area contributed by atoms with E-state index in [2.05, 4.69) is 41.2 Å². The minimum absolute atomic E-state index is 0.258. The van der Waals surface area contributed by atoms with E-state index in [-0.39, 0.29) is 5.92 Å². The van der Waals surface area contributed by atoms with Gasteiger partial charge in [-0.25, -0.2) is 14.6 Å². The normalized spacial score (nSPS) is 11.0. The number of anilines is 1. The molecule has 19 heavy (non-hydrogen) atoms. The Kier molecular flexibility index (Phi) is 4.37. The van der Waals surface area contributed by atoms with E-state index < -0.39 is 0 Å². The summed E-state index contributed by atoms with van der Waals surface area (Å²) in [5, 5.41) is 8.05. The zero-order valence-corrected chi connectivity index (χ0v) is 12.1. The molecule has 2 aromatic heterocycles. The molecule has 2 aromatic rings. The zero-order valence-electron chi connectivity index (χ0n) is 11.4.